The molecule has 3 rings (SSSR count). The van der Waals surface area contributed by atoms with E-state index in [2.05, 4.69) is 10.0 Å². The number of carbonyl (C=O) groups is 2. The molecule has 0 saturated carbocycles. The van der Waals surface area contributed by atoms with Gasteiger partial charge in [0.15, 0.2) is 11.5 Å². The van der Waals surface area contributed by atoms with Crippen molar-refractivity contribution in [2.45, 2.75) is 17.9 Å². The van der Waals surface area contributed by atoms with Gasteiger partial charge in [0.1, 0.15) is 6.04 Å². The lowest BCUT2D eigenvalue weighted by molar-refractivity contribution is -0.138. The second-order valence-corrected chi connectivity index (χ2v) is 7.42. The molecule has 1 aliphatic heterocycles. The molecule has 1 amide bonds. The molecule has 2 aromatic carbocycles. The molecule has 1 heterocycles. The molecule has 27 heavy (non-hydrogen) atoms. The molecule has 9 nitrogen and oxygen atoms in total. The molecule has 1 aliphatic rings. The molecule has 0 bridgehead atoms. The van der Waals surface area contributed by atoms with Gasteiger partial charge in [0.25, 0.3) is 15.9 Å². The van der Waals surface area contributed by atoms with E-state index in [-0.39, 0.29) is 22.9 Å². The van der Waals surface area contributed by atoms with Crippen LogP contribution in [0.3, 0.4) is 0 Å². The third kappa shape index (κ3) is 4.11. The zero-order valence-corrected chi connectivity index (χ0v) is 14.9. The highest BCUT2D eigenvalue weighted by Gasteiger charge is 2.20. The lowest BCUT2D eigenvalue weighted by Crippen LogP contribution is -2.38. The Bertz CT molecular complexity index is 1000. The number of nitrogens with one attached hydrogen (secondary N) is 2. The van der Waals surface area contributed by atoms with Gasteiger partial charge in [0.05, 0.1) is 10.6 Å². The summed E-state index contributed by atoms with van der Waals surface area (Å²) in [6.45, 7) is 1.37. The first kappa shape index (κ1) is 18.5. The number of fused-ring (bicyclic) bond motifs is 1. The summed E-state index contributed by atoms with van der Waals surface area (Å²) in [7, 11) is -3.97. The summed E-state index contributed by atoms with van der Waals surface area (Å²) in [6, 6.07) is 8.77. The second kappa shape index (κ2) is 7.16. The van der Waals surface area contributed by atoms with Gasteiger partial charge in [0, 0.05) is 11.6 Å². The number of sulfonamides is 1. The van der Waals surface area contributed by atoms with Gasteiger partial charge in [-0.25, -0.2) is 8.42 Å². The second-order valence-electron chi connectivity index (χ2n) is 5.73. The van der Waals surface area contributed by atoms with Gasteiger partial charge in [-0.1, -0.05) is 6.07 Å². The molecule has 1 atom stereocenters. The van der Waals surface area contributed by atoms with Crippen LogP contribution in [0.15, 0.2) is 47.4 Å². The highest BCUT2D eigenvalue weighted by atomic mass is 32.2. The summed E-state index contributed by atoms with van der Waals surface area (Å²) >= 11 is 0. The first-order valence-electron chi connectivity index (χ1n) is 7.82. The summed E-state index contributed by atoms with van der Waals surface area (Å²) in [5.74, 6) is -0.947. The van der Waals surface area contributed by atoms with Gasteiger partial charge in [-0.05, 0) is 37.3 Å². The van der Waals surface area contributed by atoms with Crippen molar-refractivity contribution in [3.8, 4) is 11.5 Å². The molecule has 0 aromatic heterocycles. The fourth-order valence-corrected chi connectivity index (χ4v) is 3.42. The molecule has 0 saturated heterocycles. The number of hydrogen-bond donors (Lipinski definition) is 3. The average molecular weight is 392 g/mol. The number of carboxylic acids is 1. The van der Waals surface area contributed by atoms with Gasteiger partial charge in [-0.2, -0.15) is 0 Å². The molecular formula is C17H16N2O7S. The van der Waals surface area contributed by atoms with Crippen LogP contribution < -0.4 is 19.5 Å². The Kier molecular flexibility index (Phi) is 4.91. The third-order valence-electron chi connectivity index (χ3n) is 3.75. The van der Waals surface area contributed by atoms with Crippen molar-refractivity contribution in [1.29, 1.82) is 0 Å². The molecule has 142 valence electrons. The van der Waals surface area contributed by atoms with Gasteiger partial charge >= 0.3 is 5.97 Å². The normalized spacial score (nSPS) is 13.7. The zero-order chi connectivity index (χ0) is 19.6. The van der Waals surface area contributed by atoms with E-state index in [9.17, 15) is 18.0 Å². The Balaban J connectivity index is 1.80. The molecule has 0 fully saturated rings. The standard InChI is InChI=1S/C17H16N2O7S/c1-10(17(21)22)18-16(20)11-3-2-4-13(7-11)27(23,24)19-12-5-6-14-15(8-12)26-9-25-14/h2-8,10,19H,9H2,1H3,(H,18,20)(H,21,22)/t10-/m1/s1. The van der Waals surface area contributed by atoms with Crippen LogP contribution in [0.5, 0.6) is 11.5 Å². The lowest BCUT2D eigenvalue weighted by Gasteiger charge is -2.11. The van der Waals surface area contributed by atoms with Gasteiger partial charge in [-0.15, -0.1) is 0 Å². The highest BCUT2D eigenvalue weighted by molar-refractivity contribution is 7.92. The van der Waals surface area contributed by atoms with E-state index >= 15 is 0 Å². The molecule has 0 spiro atoms. The lowest BCUT2D eigenvalue weighted by atomic mass is 10.2. The average Bonchev–Trinajstić information content (AvgIpc) is 3.09. The number of anilines is 1. The molecule has 0 aliphatic carbocycles. The maximum Gasteiger partial charge on any atom is 0.325 e. The Hall–Kier alpha value is -3.27. The largest absolute Gasteiger partial charge is 0.480 e. The van der Waals surface area contributed by atoms with Gasteiger partial charge in [-0.3, -0.25) is 14.3 Å². The summed E-state index contributed by atoms with van der Waals surface area (Å²) in [4.78, 5) is 22.8. The van der Waals surface area contributed by atoms with Crippen molar-refractivity contribution < 1.29 is 32.6 Å². The van der Waals surface area contributed by atoms with Crippen molar-refractivity contribution in [2.75, 3.05) is 11.5 Å². The SMILES string of the molecule is C[C@@H](NC(=O)c1cccc(S(=O)(=O)Nc2ccc3c(c2)OCO3)c1)C(=O)O. The quantitative estimate of drug-likeness (QED) is 0.677. The fraction of sp³-hybridized carbons (Fsp3) is 0.176. The number of carboxylic acid groups (broad SMARTS) is 1. The summed E-state index contributed by atoms with van der Waals surface area (Å²) in [5, 5.41) is 11.1. The van der Waals surface area contributed by atoms with Gasteiger partial charge in [0.2, 0.25) is 6.79 Å². The third-order valence-corrected chi connectivity index (χ3v) is 5.13. The van der Waals surface area contributed by atoms with E-state index in [0.717, 1.165) is 0 Å². The molecule has 10 heteroatoms. The molecule has 0 radical (unpaired) electrons. The predicted octanol–water partition coefficient (Wildman–Crippen LogP) is 1.42. The zero-order valence-electron chi connectivity index (χ0n) is 14.1. The number of benzene rings is 2. The van der Waals surface area contributed by atoms with E-state index in [1.165, 1.54) is 43.3 Å². The number of aliphatic carboxylic acids is 1. The maximum atomic E-state index is 12.6. The van der Waals surface area contributed by atoms with E-state index in [0.29, 0.717) is 11.5 Å². The van der Waals surface area contributed by atoms with Gasteiger partial charge < -0.3 is 19.9 Å². The van der Waals surface area contributed by atoms with E-state index in [1.54, 1.807) is 6.07 Å². The van der Waals surface area contributed by atoms with Crippen LogP contribution in [0.4, 0.5) is 5.69 Å². The minimum Gasteiger partial charge on any atom is -0.480 e. The summed E-state index contributed by atoms with van der Waals surface area (Å²) < 4.78 is 38.0. The van der Waals surface area contributed by atoms with Crippen molar-refractivity contribution in [1.82, 2.24) is 5.32 Å². The number of hydrogen-bond acceptors (Lipinski definition) is 6. The highest BCUT2D eigenvalue weighted by Crippen LogP contribution is 2.34. The smallest absolute Gasteiger partial charge is 0.325 e. The maximum absolute atomic E-state index is 12.6. The Morgan fingerprint density at radius 2 is 1.85 bits per heavy atom. The monoisotopic (exact) mass is 392 g/mol. The first-order valence-corrected chi connectivity index (χ1v) is 9.31. The number of carbonyl (C=O) groups excluding carboxylic acids is 1. The molecule has 2 aromatic rings. The number of ether oxygens (including phenoxy) is 2. The van der Waals surface area contributed by atoms with Crippen molar-refractivity contribution in [3.63, 3.8) is 0 Å². The topological polar surface area (TPSA) is 131 Å². The summed E-state index contributed by atoms with van der Waals surface area (Å²) in [5.41, 5.74) is 0.297. The van der Waals surface area contributed by atoms with Crippen LogP contribution in [0, 0.1) is 0 Å². The molecule has 3 N–H and O–H groups in total. The van der Waals surface area contributed by atoms with E-state index in [1.807, 2.05) is 0 Å². The fourth-order valence-electron chi connectivity index (χ4n) is 2.32. The van der Waals surface area contributed by atoms with Crippen molar-refractivity contribution in [3.05, 3.63) is 48.0 Å². The van der Waals surface area contributed by atoms with E-state index in [4.69, 9.17) is 14.6 Å². The Morgan fingerprint density at radius 3 is 2.59 bits per heavy atom. The van der Waals surface area contributed by atoms with E-state index < -0.39 is 27.9 Å². The van der Waals surface area contributed by atoms with Crippen LogP contribution in [0.2, 0.25) is 0 Å². The number of rotatable bonds is 6. The van der Waals surface area contributed by atoms with Crippen molar-refractivity contribution >= 4 is 27.6 Å². The van der Waals surface area contributed by atoms with Crippen LogP contribution in [0.25, 0.3) is 0 Å². The molecular weight excluding hydrogens is 376 g/mol. The Morgan fingerprint density at radius 1 is 1.11 bits per heavy atom. The van der Waals surface area contributed by atoms with Crippen LogP contribution in [-0.2, 0) is 14.8 Å². The van der Waals surface area contributed by atoms with Crippen LogP contribution in [0.1, 0.15) is 17.3 Å². The van der Waals surface area contributed by atoms with Crippen LogP contribution >= 0.6 is 0 Å². The first-order chi connectivity index (χ1) is 12.8. The molecule has 0 unspecified atom stereocenters. The summed E-state index contributed by atoms with van der Waals surface area (Å²) in [6.07, 6.45) is 0. The van der Waals surface area contributed by atoms with Crippen molar-refractivity contribution in [2.24, 2.45) is 0 Å². The Labute approximate surface area is 155 Å². The predicted molar refractivity (Wildman–Crippen MR) is 94.4 cm³/mol. The minimum absolute atomic E-state index is 0.0247. The minimum atomic E-state index is -3.97. The van der Waals surface area contributed by atoms with Crippen LogP contribution in [-0.4, -0.2) is 38.2 Å². The number of amides is 1.